The number of rotatable bonds is 6. The van der Waals surface area contributed by atoms with Gasteiger partial charge in [0.2, 0.25) is 0 Å². The van der Waals surface area contributed by atoms with Crippen LogP contribution in [0.25, 0.3) is 6.08 Å². The first-order valence-corrected chi connectivity index (χ1v) is 9.06. The van der Waals surface area contributed by atoms with Crippen molar-refractivity contribution in [1.82, 2.24) is 4.90 Å². The van der Waals surface area contributed by atoms with Crippen molar-refractivity contribution in [3.63, 3.8) is 0 Å². The van der Waals surface area contributed by atoms with Crippen LogP contribution in [0.1, 0.15) is 11.1 Å². The fraction of sp³-hybridized carbons (Fsp3) is 0.105. The summed E-state index contributed by atoms with van der Waals surface area (Å²) in [6, 6.07) is 13.6. The summed E-state index contributed by atoms with van der Waals surface area (Å²) in [5.74, 6) is -1.02. The number of benzene rings is 2. The number of hydrogen-bond acceptors (Lipinski definition) is 5. The molecule has 6 nitrogen and oxygen atoms in total. The maximum Gasteiger partial charge on any atom is 0.341 e. The maximum atomic E-state index is 12.5. The van der Waals surface area contributed by atoms with Crippen LogP contribution in [0.4, 0.5) is 4.79 Å². The summed E-state index contributed by atoms with van der Waals surface area (Å²) in [6.45, 7) is -0.272. The predicted molar refractivity (Wildman–Crippen MR) is 103 cm³/mol. The van der Waals surface area contributed by atoms with Crippen LogP contribution in [0.3, 0.4) is 0 Å². The number of amides is 2. The number of halogens is 1. The average molecular weight is 404 g/mol. The molecule has 2 amide bonds. The highest BCUT2D eigenvalue weighted by molar-refractivity contribution is 8.18. The van der Waals surface area contributed by atoms with Gasteiger partial charge in [-0.25, -0.2) is 4.79 Å². The molecule has 0 saturated carbocycles. The van der Waals surface area contributed by atoms with Gasteiger partial charge in [0.25, 0.3) is 11.1 Å². The van der Waals surface area contributed by atoms with Crippen LogP contribution in [0.15, 0.2) is 53.4 Å². The third-order valence-corrected chi connectivity index (χ3v) is 4.79. The number of imide groups is 1. The van der Waals surface area contributed by atoms with Gasteiger partial charge in [-0.3, -0.25) is 14.5 Å². The minimum atomic E-state index is -1.06. The molecule has 0 spiro atoms. The number of carbonyl (C=O) groups excluding carboxylic acids is 2. The highest BCUT2D eigenvalue weighted by Gasteiger charge is 2.34. The minimum absolute atomic E-state index is 0.157. The lowest BCUT2D eigenvalue weighted by molar-refractivity contribution is -0.139. The Hall–Kier alpha value is -2.77. The molecule has 27 heavy (non-hydrogen) atoms. The quantitative estimate of drug-likeness (QED) is 0.733. The number of aliphatic carboxylic acids is 1. The molecule has 1 N–H and O–H groups in total. The summed E-state index contributed by atoms with van der Waals surface area (Å²) in [5, 5.41) is 8.80. The third kappa shape index (κ3) is 4.90. The smallest absolute Gasteiger partial charge is 0.341 e. The Labute approximate surface area is 164 Å². The number of hydrogen-bond donors (Lipinski definition) is 1. The number of thioether (sulfide) groups is 1. The van der Waals surface area contributed by atoms with E-state index in [2.05, 4.69) is 0 Å². The molecule has 0 aromatic heterocycles. The maximum absolute atomic E-state index is 12.5. The second-order valence-corrected chi connectivity index (χ2v) is 7.08. The summed E-state index contributed by atoms with van der Waals surface area (Å²) < 4.78 is 5.06. The zero-order valence-corrected chi connectivity index (χ0v) is 15.5. The fourth-order valence-electron chi connectivity index (χ4n) is 2.41. The van der Waals surface area contributed by atoms with Gasteiger partial charge in [-0.05, 0) is 53.2 Å². The van der Waals surface area contributed by atoms with Crippen molar-refractivity contribution in [3.8, 4) is 5.75 Å². The second-order valence-electron chi connectivity index (χ2n) is 5.65. The van der Waals surface area contributed by atoms with Crippen molar-refractivity contribution in [2.45, 2.75) is 6.54 Å². The van der Waals surface area contributed by atoms with E-state index in [-0.39, 0.29) is 17.7 Å². The first kappa shape index (κ1) is 19.0. The molecule has 2 aromatic carbocycles. The number of carboxylic acids is 1. The van der Waals surface area contributed by atoms with Crippen LogP contribution in [0.5, 0.6) is 5.75 Å². The van der Waals surface area contributed by atoms with E-state index in [4.69, 9.17) is 21.4 Å². The van der Waals surface area contributed by atoms with E-state index in [0.717, 1.165) is 17.3 Å². The largest absolute Gasteiger partial charge is 0.482 e. The summed E-state index contributed by atoms with van der Waals surface area (Å²) in [6.07, 6.45) is 1.61. The molecule has 3 rings (SSSR count). The normalized spacial score (nSPS) is 15.4. The topological polar surface area (TPSA) is 83.9 Å². The van der Waals surface area contributed by atoms with Gasteiger partial charge in [0.05, 0.1) is 11.4 Å². The number of ether oxygens (including phenoxy) is 1. The number of carboxylic acid groups (broad SMARTS) is 1. The molecule has 1 fully saturated rings. The van der Waals surface area contributed by atoms with Crippen molar-refractivity contribution in [2.24, 2.45) is 0 Å². The lowest BCUT2D eigenvalue weighted by atomic mass is 10.2. The summed E-state index contributed by atoms with van der Waals surface area (Å²) >= 11 is 6.82. The van der Waals surface area contributed by atoms with Gasteiger partial charge in [0.15, 0.2) is 6.61 Å². The Morgan fingerprint density at radius 1 is 1.19 bits per heavy atom. The first-order valence-electron chi connectivity index (χ1n) is 7.87. The molecule has 0 radical (unpaired) electrons. The molecule has 1 saturated heterocycles. The van der Waals surface area contributed by atoms with Gasteiger partial charge in [-0.1, -0.05) is 35.9 Å². The Kier molecular flexibility index (Phi) is 5.83. The molecule has 138 valence electrons. The molecule has 0 aliphatic carbocycles. The molecule has 0 atom stereocenters. The first-order chi connectivity index (χ1) is 12.9. The molecule has 1 aliphatic heterocycles. The Bertz CT molecular complexity index is 926. The van der Waals surface area contributed by atoms with Gasteiger partial charge < -0.3 is 9.84 Å². The third-order valence-electron chi connectivity index (χ3n) is 3.64. The van der Waals surface area contributed by atoms with E-state index in [0.29, 0.717) is 21.2 Å². The SMILES string of the molecule is O=C(O)COc1ccc(/C=C2\SC(=O)N(Cc3cccc(Cl)c3)C2=O)cc1. The van der Waals surface area contributed by atoms with E-state index in [9.17, 15) is 14.4 Å². The molecular formula is C19H14ClNO5S. The van der Waals surface area contributed by atoms with Gasteiger partial charge in [-0.2, -0.15) is 0 Å². The molecule has 1 aliphatic rings. The van der Waals surface area contributed by atoms with E-state index < -0.39 is 12.6 Å². The highest BCUT2D eigenvalue weighted by atomic mass is 35.5. The lowest BCUT2D eigenvalue weighted by Gasteiger charge is -2.12. The zero-order valence-electron chi connectivity index (χ0n) is 13.9. The van der Waals surface area contributed by atoms with Crippen LogP contribution in [0, 0.1) is 0 Å². The van der Waals surface area contributed by atoms with E-state index in [1.54, 1.807) is 54.6 Å². The van der Waals surface area contributed by atoms with E-state index >= 15 is 0 Å². The standard InChI is InChI=1S/C19H14ClNO5S/c20-14-3-1-2-13(8-14)10-21-18(24)16(27-19(21)25)9-12-4-6-15(7-5-12)26-11-17(22)23/h1-9H,10-11H2,(H,22,23)/b16-9-. The van der Waals surface area contributed by atoms with Crippen LogP contribution >= 0.6 is 23.4 Å². The van der Waals surface area contributed by atoms with E-state index in [1.807, 2.05) is 0 Å². The van der Waals surface area contributed by atoms with Gasteiger partial charge >= 0.3 is 5.97 Å². The van der Waals surface area contributed by atoms with Crippen molar-refractivity contribution in [1.29, 1.82) is 0 Å². The number of nitrogens with zero attached hydrogens (tertiary/aromatic N) is 1. The second kappa shape index (κ2) is 8.28. The lowest BCUT2D eigenvalue weighted by Crippen LogP contribution is -2.27. The van der Waals surface area contributed by atoms with Crippen molar-refractivity contribution >= 4 is 46.6 Å². The molecule has 0 bridgehead atoms. The van der Waals surface area contributed by atoms with Crippen LogP contribution in [-0.2, 0) is 16.1 Å². The molecule has 0 unspecified atom stereocenters. The Morgan fingerprint density at radius 2 is 1.93 bits per heavy atom. The predicted octanol–water partition coefficient (Wildman–Crippen LogP) is 4.04. The minimum Gasteiger partial charge on any atom is -0.482 e. The summed E-state index contributed by atoms with van der Waals surface area (Å²) in [7, 11) is 0. The van der Waals surface area contributed by atoms with Crippen molar-refractivity contribution in [3.05, 3.63) is 69.6 Å². The van der Waals surface area contributed by atoms with Crippen molar-refractivity contribution in [2.75, 3.05) is 6.61 Å². The van der Waals surface area contributed by atoms with Gasteiger partial charge in [0.1, 0.15) is 5.75 Å². The fourth-order valence-corrected chi connectivity index (χ4v) is 3.46. The monoisotopic (exact) mass is 403 g/mol. The Morgan fingerprint density at radius 3 is 2.59 bits per heavy atom. The van der Waals surface area contributed by atoms with Crippen LogP contribution in [-0.4, -0.2) is 33.7 Å². The highest BCUT2D eigenvalue weighted by Crippen LogP contribution is 2.33. The number of carbonyl (C=O) groups is 3. The molecule has 1 heterocycles. The Balaban J connectivity index is 1.71. The molecule has 2 aromatic rings. The van der Waals surface area contributed by atoms with Crippen LogP contribution < -0.4 is 4.74 Å². The zero-order chi connectivity index (χ0) is 19.4. The van der Waals surface area contributed by atoms with Gasteiger partial charge in [-0.15, -0.1) is 0 Å². The van der Waals surface area contributed by atoms with Gasteiger partial charge in [0, 0.05) is 5.02 Å². The summed E-state index contributed by atoms with van der Waals surface area (Å²) in [5.41, 5.74) is 1.47. The molecule has 8 heteroatoms. The van der Waals surface area contributed by atoms with E-state index in [1.165, 1.54) is 4.90 Å². The average Bonchev–Trinajstić information content (AvgIpc) is 2.89. The van der Waals surface area contributed by atoms with Crippen molar-refractivity contribution < 1.29 is 24.2 Å². The molecular weight excluding hydrogens is 390 g/mol. The summed E-state index contributed by atoms with van der Waals surface area (Å²) in [4.78, 5) is 36.7. The van der Waals surface area contributed by atoms with Crippen LogP contribution in [0.2, 0.25) is 5.02 Å².